The molecule has 1 aliphatic heterocycles. The number of amides is 1. The molecule has 5 heteroatoms. The second kappa shape index (κ2) is 8.65. The van der Waals surface area contributed by atoms with E-state index in [1.54, 1.807) is 0 Å². The fourth-order valence-corrected chi connectivity index (χ4v) is 3.89. The molecule has 0 aromatic heterocycles. The van der Waals surface area contributed by atoms with E-state index in [1.807, 2.05) is 37.3 Å². The molecule has 1 heterocycles. The van der Waals surface area contributed by atoms with Crippen LogP contribution < -0.4 is 15.0 Å². The maximum absolute atomic E-state index is 13.0. The molecule has 0 radical (unpaired) electrons. The first-order chi connectivity index (χ1) is 13.8. The molecule has 2 aromatic carbocycles. The monoisotopic (exact) mass is 379 g/mol. The lowest BCUT2D eigenvalue weighted by Gasteiger charge is -2.40. The smallest absolute Gasteiger partial charge is 0.242 e. The van der Waals surface area contributed by atoms with E-state index < -0.39 is 0 Å². The molecule has 1 N–H and O–H groups in total. The van der Waals surface area contributed by atoms with E-state index in [-0.39, 0.29) is 11.9 Å². The van der Waals surface area contributed by atoms with Gasteiger partial charge in [-0.2, -0.15) is 0 Å². The molecule has 1 saturated heterocycles. The topological polar surface area (TPSA) is 44.8 Å². The van der Waals surface area contributed by atoms with Crippen LogP contribution in [0, 0.1) is 0 Å². The summed E-state index contributed by atoms with van der Waals surface area (Å²) in [6.45, 7) is 6.12. The molecule has 1 atom stereocenters. The Morgan fingerprint density at radius 3 is 2.39 bits per heavy atom. The third-order valence-corrected chi connectivity index (χ3v) is 5.47. The molecule has 1 saturated carbocycles. The quantitative estimate of drug-likeness (QED) is 0.802. The fraction of sp³-hybridized carbons (Fsp3) is 0.435. The minimum atomic E-state index is -0.217. The third-order valence-electron chi connectivity index (χ3n) is 5.47. The SMILES string of the molecule is CCOc1ccccc1N1CCN([C@@H](C(=O)NC2CC2)c2ccccc2)CC1. The number of piperazine rings is 1. The van der Waals surface area contributed by atoms with E-state index in [0.29, 0.717) is 12.6 Å². The standard InChI is InChI=1S/C23H29N3O2/c1-2-28-21-11-7-6-10-20(21)25-14-16-26(17-15-25)22(18-8-4-3-5-9-18)23(27)24-19-12-13-19/h3-11,19,22H,2,12-17H2,1H3,(H,24,27)/t22-/m1/s1. The van der Waals surface area contributed by atoms with E-state index in [2.05, 4.69) is 39.4 Å². The lowest BCUT2D eigenvalue weighted by molar-refractivity contribution is -0.127. The van der Waals surface area contributed by atoms with Gasteiger partial charge in [0.25, 0.3) is 0 Å². The molecule has 1 amide bonds. The van der Waals surface area contributed by atoms with Crippen LogP contribution in [0.1, 0.15) is 31.4 Å². The van der Waals surface area contributed by atoms with Crippen LogP contribution in [0.2, 0.25) is 0 Å². The van der Waals surface area contributed by atoms with E-state index in [0.717, 1.165) is 56.0 Å². The van der Waals surface area contributed by atoms with Crippen molar-refractivity contribution in [1.29, 1.82) is 0 Å². The Labute approximate surface area is 167 Å². The number of hydrogen-bond acceptors (Lipinski definition) is 4. The Bertz CT molecular complexity index is 783. The maximum Gasteiger partial charge on any atom is 0.242 e. The molecule has 4 rings (SSSR count). The number of nitrogens with one attached hydrogen (secondary N) is 1. The minimum Gasteiger partial charge on any atom is -0.492 e. The van der Waals surface area contributed by atoms with Crippen molar-refractivity contribution < 1.29 is 9.53 Å². The highest BCUT2D eigenvalue weighted by Crippen LogP contribution is 2.31. The number of carbonyl (C=O) groups excluding carboxylic acids is 1. The van der Waals surface area contributed by atoms with Gasteiger partial charge in [-0.05, 0) is 37.5 Å². The van der Waals surface area contributed by atoms with Crippen LogP contribution in [0.25, 0.3) is 0 Å². The highest BCUT2D eigenvalue weighted by Gasteiger charge is 2.34. The number of benzene rings is 2. The van der Waals surface area contributed by atoms with Gasteiger partial charge in [-0.15, -0.1) is 0 Å². The van der Waals surface area contributed by atoms with Gasteiger partial charge >= 0.3 is 0 Å². The first-order valence-electron chi connectivity index (χ1n) is 10.3. The highest BCUT2D eigenvalue weighted by atomic mass is 16.5. The second-order valence-electron chi connectivity index (χ2n) is 7.52. The third kappa shape index (κ3) is 4.30. The van der Waals surface area contributed by atoms with E-state index in [9.17, 15) is 4.79 Å². The number of para-hydroxylation sites is 2. The van der Waals surface area contributed by atoms with Crippen molar-refractivity contribution in [3.63, 3.8) is 0 Å². The van der Waals surface area contributed by atoms with Crippen molar-refractivity contribution in [2.24, 2.45) is 0 Å². The summed E-state index contributed by atoms with van der Waals surface area (Å²) in [4.78, 5) is 17.7. The molecule has 5 nitrogen and oxygen atoms in total. The van der Waals surface area contributed by atoms with Gasteiger partial charge in [-0.1, -0.05) is 42.5 Å². The number of rotatable bonds is 7. The lowest BCUT2D eigenvalue weighted by atomic mass is 10.0. The van der Waals surface area contributed by atoms with Crippen molar-refractivity contribution in [1.82, 2.24) is 10.2 Å². The van der Waals surface area contributed by atoms with Gasteiger partial charge in [-0.3, -0.25) is 9.69 Å². The first-order valence-corrected chi connectivity index (χ1v) is 10.3. The van der Waals surface area contributed by atoms with Crippen molar-refractivity contribution in [3.8, 4) is 5.75 Å². The van der Waals surface area contributed by atoms with Crippen LogP contribution >= 0.6 is 0 Å². The number of hydrogen-bond donors (Lipinski definition) is 1. The van der Waals surface area contributed by atoms with Gasteiger partial charge in [0, 0.05) is 32.2 Å². The zero-order valence-corrected chi connectivity index (χ0v) is 16.5. The minimum absolute atomic E-state index is 0.136. The average Bonchev–Trinajstić information content (AvgIpc) is 3.54. The summed E-state index contributed by atoms with van der Waals surface area (Å²) in [5.74, 6) is 1.07. The van der Waals surface area contributed by atoms with Crippen molar-refractivity contribution in [2.45, 2.75) is 31.8 Å². The molecule has 0 unspecified atom stereocenters. The van der Waals surface area contributed by atoms with Gasteiger partial charge in [0.05, 0.1) is 12.3 Å². The van der Waals surface area contributed by atoms with Gasteiger partial charge in [0.15, 0.2) is 0 Å². The number of nitrogens with zero attached hydrogens (tertiary/aromatic N) is 2. The number of ether oxygens (including phenoxy) is 1. The predicted octanol–water partition coefficient (Wildman–Crippen LogP) is 3.23. The van der Waals surface area contributed by atoms with Crippen LogP contribution in [0.4, 0.5) is 5.69 Å². The van der Waals surface area contributed by atoms with E-state index >= 15 is 0 Å². The lowest BCUT2D eigenvalue weighted by Crippen LogP contribution is -2.51. The molecule has 1 aliphatic carbocycles. The number of carbonyl (C=O) groups is 1. The fourth-order valence-electron chi connectivity index (χ4n) is 3.89. The highest BCUT2D eigenvalue weighted by molar-refractivity contribution is 5.83. The van der Waals surface area contributed by atoms with Crippen LogP contribution in [0.15, 0.2) is 54.6 Å². The molecule has 2 fully saturated rings. The predicted molar refractivity (Wildman–Crippen MR) is 112 cm³/mol. The summed E-state index contributed by atoms with van der Waals surface area (Å²) < 4.78 is 5.80. The van der Waals surface area contributed by atoms with Gasteiger partial charge in [0.1, 0.15) is 11.8 Å². The Hall–Kier alpha value is -2.53. The van der Waals surface area contributed by atoms with Crippen LogP contribution in [-0.4, -0.2) is 49.6 Å². The number of anilines is 1. The zero-order valence-electron chi connectivity index (χ0n) is 16.5. The van der Waals surface area contributed by atoms with Crippen LogP contribution in [-0.2, 0) is 4.79 Å². The van der Waals surface area contributed by atoms with Crippen molar-refractivity contribution >= 4 is 11.6 Å². The largest absolute Gasteiger partial charge is 0.492 e. The Morgan fingerprint density at radius 1 is 1.04 bits per heavy atom. The summed E-state index contributed by atoms with van der Waals surface area (Å²) in [6.07, 6.45) is 2.21. The molecule has 0 bridgehead atoms. The molecule has 2 aromatic rings. The normalized spacial score (nSPS) is 18.5. The molecule has 0 spiro atoms. The molecule has 148 valence electrons. The average molecular weight is 380 g/mol. The van der Waals surface area contributed by atoms with Crippen molar-refractivity contribution in [3.05, 3.63) is 60.2 Å². The van der Waals surface area contributed by atoms with Gasteiger partial charge in [-0.25, -0.2) is 0 Å². The molecule has 2 aliphatic rings. The van der Waals surface area contributed by atoms with Crippen LogP contribution in [0.5, 0.6) is 5.75 Å². The summed E-state index contributed by atoms with van der Waals surface area (Å²) in [7, 11) is 0. The first kappa shape index (κ1) is 18.8. The Morgan fingerprint density at radius 2 is 1.71 bits per heavy atom. The Kier molecular flexibility index (Phi) is 5.81. The molecule has 28 heavy (non-hydrogen) atoms. The molecular formula is C23H29N3O2. The second-order valence-corrected chi connectivity index (χ2v) is 7.52. The zero-order chi connectivity index (χ0) is 19.3. The van der Waals surface area contributed by atoms with Gasteiger partial charge in [0.2, 0.25) is 5.91 Å². The maximum atomic E-state index is 13.0. The van der Waals surface area contributed by atoms with Crippen molar-refractivity contribution in [2.75, 3.05) is 37.7 Å². The molecular weight excluding hydrogens is 350 g/mol. The Balaban J connectivity index is 1.48. The summed E-state index contributed by atoms with van der Waals surface area (Å²) >= 11 is 0. The summed E-state index contributed by atoms with van der Waals surface area (Å²) in [5.41, 5.74) is 2.21. The van der Waals surface area contributed by atoms with E-state index in [1.165, 1.54) is 0 Å². The van der Waals surface area contributed by atoms with E-state index in [4.69, 9.17) is 4.74 Å². The van der Waals surface area contributed by atoms with Gasteiger partial charge < -0.3 is 15.0 Å². The summed E-state index contributed by atoms with van der Waals surface area (Å²) in [5, 5.41) is 3.20. The van der Waals surface area contributed by atoms with Crippen LogP contribution in [0.3, 0.4) is 0 Å². The summed E-state index contributed by atoms with van der Waals surface area (Å²) in [6, 6.07) is 18.5.